The summed E-state index contributed by atoms with van der Waals surface area (Å²) in [5, 5.41) is 8.60. The van der Waals surface area contributed by atoms with E-state index < -0.39 is 0 Å². The fraction of sp³-hybridized carbons (Fsp3) is 0.467. The molecule has 4 rings (SSSR count). The van der Waals surface area contributed by atoms with Crippen LogP contribution in [0, 0.1) is 11.7 Å². The molecule has 9 heteroatoms. The molecule has 0 saturated carbocycles. The Kier molecular flexibility index (Phi) is 9.51. The molecule has 1 aliphatic rings. The van der Waals surface area contributed by atoms with Gasteiger partial charge in [-0.25, -0.2) is 13.9 Å². The van der Waals surface area contributed by atoms with Gasteiger partial charge in [0.15, 0.2) is 0 Å². The lowest BCUT2D eigenvalue weighted by Gasteiger charge is -2.38. The third-order valence-corrected chi connectivity index (χ3v) is 7.32. The monoisotopic (exact) mass is 554 g/mol. The van der Waals surface area contributed by atoms with Crippen LogP contribution in [0.1, 0.15) is 45.9 Å². The zero-order chi connectivity index (χ0) is 28.1. The minimum atomic E-state index is -0.283. The first kappa shape index (κ1) is 28.9. The molecular weight excluding hydrogens is 515 g/mol. The minimum Gasteiger partial charge on any atom is -0.354 e. The number of halogens is 2. The maximum Gasteiger partial charge on any atom is 0.322 e. The molecule has 1 aliphatic heterocycles. The smallest absolute Gasteiger partial charge is 0.322 e. The Balaban J connectivity index is 1.73. The van der Waals surface area contributed by atoms with Crippen LogP contribution >= 0.6 is 11.6 Å². The second-order valence-electron chi connectivity index (χ2n) is 10.8. The van der Waals surface area contributed by atoms with Crippen LogP contribution in [0.3, 0.4) is 0 Å². The number of hydrogen-bond donors (Lipinski definition) is 1. The molecule has 7 nitrogen and oxygen atoms in total. The number of amides is 2. The van der Waals surface area contributed by atoms with Gasteiger partial charge in [-0.05, 0) is 68.7 Å². The molecule has 0 unspecified atom stereocenters. The van der Waals surface area contributed by atoms with Gasteiger partial charge in [-0.1, -0.05) is 38.4 Å². The van der Waals surface area contributed by atoms with Crippen molar-refractivity contribution in [3.8, 4) is 5.69 Å². The Hall–Kier alpha value is -3.10. The topological polar surface area (TPSA) is 56.6 Å². The highest BCUT2D eigenvalue weighted by Gasteiger charge is 2.29. The molecule has 2 amide bonds. The number of rotatable bonds is 9. The van der Waals surface area contributed by atoms with Crippen molar-refractivity contribution in [2.75, 3.05) is 42.9 Å². The molecule has 0 aliphatic carbocycles. The molecule has 1 fully saturated rings. The number of aromatic nitrogens is 2. The zero-order valence-corrected chi connectivity index (χ0v) is 24.4. The number of hydrogen-bond acceptors (Lipinski definition) is 4. The van der Waals surface area contributed by atoms with Crippen LogP contribution < -0.4 is 10.2 Å². The zero-order valence-electron chi connectivity index (χ0n) is 23.6. The average molecular weight is 555 g/mol. The molecular formula is C30H40ClFN6O. The molecule has 1 saturated heterocycles. The molecule has 1 aromatic heterocycles. The average Bonchev–Trinajstić information content (AvgIpc) is 3.26. The molecule has 3 aromatic rings. The van der Waals surface area contributed by atoms with Gasteiger partial charge in [0.25, 0.3) is 0 Å². The lowest BCUT2D eigenvalue weighted by atomic mass is 10.1. The van der Waals surface area contributed by atoms with E-state index in [0.29, 0.717) is 36.3 Å². The number of carbonyl (C=O) groups excluding carboxylic acids is 1. The molecule has 39 heavy (non-hydrogen) atoms. The van der Waals surface area contributed by atoms with E-state index in [1.165, 1.54) is 12.1 Å². The standard InChI is InChI=1S/C30H40ClFN6O/c1-6-28-27(20-37(19-21(2)3)30(39)33-25-9-7-8-23(31)18-25)29(36-16-14-35(15-17-36)22(4)5)38(34-28)26-12-10-24(32)11-13-26/h7-13,18,21-22H,6,14-17,19-20H2,1-5H3,(H,33,39). The van der Waals surface area contributed by atoms with Crippen LogP contribution in [-0.4, -0.2) is 64.4 Å². The van der Waals surface area contributed by atoms with Gasteiger partial charge in [-0.3, -0.25) is 4.90 Å². The maximum absolute atomic E-state index is 13.8. The van der Waals surface area contributed by atoms with E-state index in [0.717, 1.165) is 48.9 Å². The Labute approximate surface area is 236 Å². The Morgan fingerprint density at radius 1 is 1.08 bits per heavy atom. The highest BCUT2D eigenvalue weighted by Crippen LogP contribution is 2.31. The van der Waals surface area contributed by atoms with Gasteiger partial charge < -0.3 is 15.1 Å². The summed E-state index contributed by atoms with van der Waals surface area (Å²) in [7, 11) is 0. The number of benzene rings is 2. The van der Waals surface area contributed by atoms with Crippen molar-refractivity contribution >= 4 is 29.1 Å². The Morgan fingerprint density at radius 3 is 2.36 bits per heavy atom. The molecule has 2 heterocycles. The van der Waals surface area contributed by atoms with Crippen LogP contribution in [0.4, 0.5) is 20.7 Å². The first-order valence-electron chi connectivity index (χ1n) is 13.8. The number of nitrogens with one attached hydrogen (secondary N) is 1. The van der Waals surface area contributed by atoms with E-state index in [-0.39, 0.29) is 17.8 Å². The van der Waals surface area contributed by atoms with E-state index in [4.69, 9.17) is 16.7 Å². The predicted octanol–water partition coefficient (Wildman–Crippen LogP) is 6.45. The van der Waals surface area contributed by atoms with E-state index in [1.54, 1.807) is 24.3 Å². The van der Waals surface area contributed by atoms with E-state index in [2.05, 4.69) is 49.7 Å². The van der Waals surface area contributed by atoms with E-state index in [9.17, 15) is 9.18 Å². The second-order valence-corrected chi connectivity index (χ2v) is 11.3. The van der Waals surface area contributed by atoms with Crippen LogP contribution in [0.25, 0.3) is 5.69 Å². The summed E-state index contributed by atoms with van der Waals surface area (Å²) in [4.78, 5) is 20.3. The first-order valence-corrected chi connectivity index (χ1v) is 14.2. The summed E-state index contributed by atoms with van der Waals surface area (Å²) in [6, 6.07) is 13.9. The molecule has 0 bridgehead atoms. The summed E-state index contributed by atoms with van der Waals surface area (Å²) < 4.78 is 15.7. The highest BCUT2D eigenvalue weighted by molar-refractivity contribution is 6.30. The Morgan fingerprint density at radius 2 is 1.77 bits per heavy atom. The van der Waals surface area contributed by atoms with Crippen molar-refractivity contribution in [2.45, 2.75) is 53.6 Å². The van der Waals surface area contributed by atoms with Crippen molar-refractivity contribution < 1.29 is 9.18 Å². The van der Waals surface area contributed by atoms with Crippen LogP contribution in [0.15, 0.2) is 48.5 Å². The fourth-order valence-electron chi connectivity index (χ4n) is 5.09. The quantitative estimate of drug-likeness (QED) is 0.330. The molecule has 0 radical (unpaired) electrons. The van der Waals surface area contributed by atoms with Crippen molar-refractivity contribution in [3.63, 3.8) is 0 Å². The highest BCUT2D eigenvalue weighted by atomic mass is 35.5. The molecule has 1 N–H and O–H groups in total. The van der Waals surface area contributed by atoms with Crippen molar-refractivity contribution in [1.29, 1.82) is 0 Å². The van der Waals surface area contributed by atoms with Crippen molar-refractivity contribution in [1.82, 2.24) is 19.6 Å². The van der Waals surface area contributed by atoms with E-state index >= 15 is 0 Å². The third kappa shape index (κ3) is 7.11. The lowest BCUT2D eigenvalue weighted by molar-refractivity contribution is 0.200. The number of aryl methyl sites for hydroxylation is 1. The minimum absolute atomic E-state index is 0.182. The van der Waals surface area contributed by atoms with Gasteiger partial charge in [0.05, 0.1) is 17.9 Å². The number of nitrogens with zero attached hydrogens (tertiary/aromatic N) is 5. The second kappa shape index (κ2) is 12.8. The van der Waals surface area contributed by atoms with Crippen LogP contribution in [-0.2, 0) is 13.0 Å². The first-order chi connectivity index (χ1) is 18.7. The maximum atomic E-state index is 13.8. The molecule has 210 valence electrons. The fourth-order valence-corrected chi connectivity index (χ4v) is 5.28. The van der Waals surface area contributed by atoms with Crippen molar-refractivity contribution in [2.24, 2.45) is 5.92 Å². The van der Waals surface area contributed by atoms with Gasteiger partial charge in [0, 0.05) is 55.0 Å². The molecule has 0 atom stereocenters. The number of piperazine rings is 1. The summed E-state index contributed by atoms with van der Waals surface area (Å²) in [5.41, 5.74) is 3.42. The van der Waals surface area contributed by atoms with Gasteiger partial charge in [-0.2, -0.15) is 5.10 Å². The summed E-state index contributed by atoms with van der Waals surface area (Å²) in [6.45, 7) is 15.3. The van der Waals surface area contributed by atoms with Crippen LogP contribution in [0.2, 0.25) is 5.02 Å². The normalized spacial score (nSPS) is 14.3. The van der Waals surface area contributed by atoms with Gasteiger partial charge in [0.1, 0.15) is 11.6 Å². The lowest BCUT2D eigenvalue weighted by Crippen LogP contribution is -2.49. The molecule has 2 aromatic carbocycles. The summed E-state index contributed by atoms with van der Waals surface area (Å²) in [5.74, 6) is 0.964. The van der Waals surface area contributed by atoms with Crippen LogP contribution in [0.5, 0.6) is 0 Å². The van der Waals surface area contributed by atoms with Gasteiger partial charge in [0.2, 0.25) is 0 Å². The summed E-state index contributed by atoms with van der Waals surface area (Å²) in [6.07, 6.45) is 0.716. The van der Waals surface area contributed by atoms with Gasteiger partial charge >= 0.3 is 6.03 Å². The summed E-state index contributed by atoms with van der Waals surface area (Å²) >= 11 is 6.16. The van der Waals surface area contributed by atoms with E-state index in [1.807, 2.05) is 21.7 Å². The third-order valence-electron chi connectivity index (χ3n) is 7.09. The number of anilines is 2. The van der Waals surface area contributed by atoms with Crippen molar-refractivity contribution in [3.05, 3.63) is 70.6 Å². The Bertz CT molecular complexity index is 1250. The number of urea groups is 1. The number of carbonyl (C=O) groups is 1. The van der Waals surface area contributed by atoms with Gasteiger partial charge in [-0.15, -0.1) is 0 Å². The predicted molar refractivity (Wildman–Crippen MR) is 158 cm³/mol. The SMILES string of the molecule is CCc1nn(-c2ccc(F)cc2)c(N2CCN(C(C)C)CC2)c1CN(CC(C)C)C(=O)Nc1cccc(Cl)c1. The molecule has 0 spiro atoms. The largest absolute Gasteiger partial charge is 0.354 e.